The van der Waals surface area contributed by atoms with Crippen LogP contribution >= 0.6 is 0 Å². The van der Waals surface area contributed by atoms with Gasteiger partial charge in [0.2, 0.25) is 0 Å². The highest BCUT2D eigenvalue weighted by Crippen LogP contribution is 2.44. The first-order valence-corrected chi connectivity index (χ1v) is 5.23. The zero-order valence-corrected chi connectivity index (χ0v) is 9.74. The molecule has 1 N–H and O–H groups in total. The van der Waals surface area contributed by atoms with Gasteiger partial charge in [-0.1, -0.05) is 0 Å². The molecule has 0 fully saturated rings. The van der Waals surface area contributed by atoms with E-state index in [1.807, 2.05) is 0 Å². The normalized spacial score (nSPS) is 14.8. The van der Waals surface area contributed by atoms with Crippen LogP contribution in [0.15, 0.2) is 12.1 Å². The fraction of sp³-hybridized carbons (Fsp3) is 0.500. The molecule has 1 aliphatic rings. The molecule has 0 aliphatic carbocycles. The molecule has 1 heterocycles. The lowest BCUT2D eigenvalue weighted by atomic mass is 9.95. The Kier molecular flexibility index (Phi) is 2.68. The summed E-state index contributed by atoms with van der Waals surface area (Å²) < 4.78 is 16.3. The van der Waals surface area contributed by atoms with Gasteiger partial charge in [0.05, 0.1) is 18.3 Å². The molecule has 4 heteroatoms. The number of hydrogen-bond donors (Lipinski definition) is 1. The molecule has 0 amide bonds. The molecular formula is C12H16O4. The van der Waals surface area contributed by atoms with E-state index < -0.39 is 5.60 Å². The lowest BCUT2D eigenvalue weighted by Crippen LogP contribution is -2.23. The van der Waals surface area contributed by atoms with Gasteiger partial charge in [-0.15, -0.1) is 0 Å². The first-order chi connectivity index (χ1) is 7.54. The first-order valence-electron chi connectivity index (χ1n) is 5.23. The van der Waals surface area contributed by atoms with E-state index in [4.69, 9.17) is 14.2 Å². The van der Waals surface area contributed by atoms with Crippen molar-refractivity contribution in [3.05, 3.63) is 17.7 Å². The maximum atomic E-state index is 10.1. The molecule has 0 saturated heterocycles. The van der Waals surface area contributed by atoms with Gasteiger partial charge in [0.25, 0.3) is 0 Å². The minimum atomic E-state index is -1.03. The van der Waals surface area contributed by atoms with Crippen molar-refractivity contribution in [1.82, 2.24) is 0 Å². The monoisotopic (exact) mass is 224 g/mol. The van der Waals surface area contributed by atoms with E-state index in [0.29, 0.717) is 36.0 Å². The second-order valence-corrected chi connectivity index (χ2v) is 4.23. The van der Waals surface area contributed by atoms with Crippen molar-refractivity contribution in [3.8, 4) is 17.2 Å². The van der Waals surface area contributed by atoms with Crippen LogP contribution in [-0.2, 0) is 5.60 Å². The van der Waals surface area contributed by atoms with Crippen LogP contribution < -0.4 is 14.2 Å². The minimum absolute atomic E-state index is 0.489. The quantitative estimate of drug-likeness (QED) is 0.830. The molecule has 2 rings (SSSR count). The molecule has 4 nitrogen and oxygen atoms in total. The Morgan fingerprint density at radius 1 is 1.25 bits per heavy atom. The van der Waals surface area contributed by atoms with Crippen LogP contribution in [0.2, 0.25) is 0 Å². The van der Waals surface area contributed by atoms with E-state index in [-0.39, 0.29) is 0 Å². The number of aliphatic hydroxyl groups is 1. The highest BCUT2D eigenvalue weighted by molar-refractivity contribution is 5.56. The van der Waals surface area contributed by atoms with Gasteiger partial charge < -0.3 is 19.3 Å². The topological polar surface area (TPSA) is 47.9 Å². The minimum Gasteiger partial charge on any atom is -0.496 e. The average molecular weight is 224 g/mol. The summed E-state index contributed by atoms with van der Waals surface area (Å²) in [6.45, 7) is 4.42. The molecule has 88 valence electrons. The van der Waals surface area contributed by atoms with Gasteiger partial charge in [-0.3, -0.25) is 0 Å². The lowest BCUT2D eigenvalue weighted by Gasteiger charge is -2.28. The number of rotatable bonds is 2. The van der Waals surface area contributed by atoms with E-state index in [9.17, 15) is 5.11 Å². The molecule has 0 aromatic heterocycles. The summed E-state index contributed by atoms with van der Waals surface area (Å²) in [6.07, 6.45) is 0. The molecule has 0 atom stereocenters. The summed E-state index contributed by atoms with van der Waals surface area (Å²) in [4.78, 5) is 0. The molecule has 1 aromatic carbocycles. The third kappa shape index (κ3) is 1.80. The van der Waals surface area contributed by atoms with Crippen molar-refractivity contribution in [2.24, 2.45) is 0 Å². The van der Waals surface area contributed by atoms with Crippen molar-refractivity contribution >= 4 is 0 Å². The fourth-order valence-corrected chi connectivity index (χ4v) is 1.85. The van der Waals surface area contributed by atoms with Crippen LogP contribution in [0.4, 0.5) is 0 Å². The molecule has 0 unspecified atom stereocenters. The predicted octanol–water partition coefficient (Wildman–Crippen LogP) is 1.69. The summed E-state index contributed by atoms with van der Waals surface area (Å²) in [7, 11) is 1.57. The number of methoxy groups -OCH3 is 1. The molecular weight excluding hydrogens is 208 g/mol. The Hall–Kier alpha value is -1.42. The fourth-order valence-electron chi connectivity index (χ4n) is 1.85. The van der Waals surface area contributed by atoms with Gasteiger partial charge in [0, 0.05) is 0 Å². The maximum absolute atomic E-state index is 10.1. The van der Waals surface area contributed by atoms with Crippen molar-refractivity contribution in [2.45, 2.75) is 19.4 Å². The van der Waals surface area contributed by atoms with Crippen molar-refractivity contribution in [1.29, 1.82) is 0 Å². The molecule has 0 spiro atoms. The highest BCUT2D eigenvalue weighted by Gasteiger charge is 2.30. The standard InChI is InChI=1S/C12H16O4/c1-12(2,13)10-8(14-3)4-5-9-11(10)16-7-6-15-9/h4-5,13H,6-7H2,1-3H3. The van der Waals surface area contributed by atoms with E-state index in [1.54, 1.807) is 33.1 Å². The third-order valence-corrected chi connectivity index (χ3v) is 2.50. The van der Waals surface area contributed by atoms with Gasteiger partial charge in [-0.05, 0) is 26.0 Å². The number of fused-ring (bicyclic) bond motifs is 1. The van der Waals surface area contributed by atoms with Crippen molar-refractivity contribution < 1.29 is 19.3 Å². The van der Waals surface area contributed by atoms with E-state index >= 15 is 0 Å². The predicted molar refractivity (Wildman–Crippen MR) is 59.2 cm³/mol. The Morgan fingerprint density at radius 3 is 2.56 bits per heavy atom. The van der Waals surface area contributed by atoms with Crippen molar-refractivity contribution in [2.75, 3.05) is 20.3 Å². The summed E-state index contributed by atoms with van der Waals surface area (Å²) in [6, 6.07) is 3.57. The largest absolute Gasteiger partial charge is 0.496 e. The summed E-state index contributed by atoms with van der Waals surface area (Å²) in [5.74, 6) is 1.85. The van der Waals surface area contributed by atoms with Gasteiger partial charge in [0.1, 0.15) is 19.0 Å². The third-order valence-electron chi connectivity index (χ3n) is 2.50. The Bertz CT molecular complexity index is 393. The van der Waals surface area contributed by atoms with Crippen LogP contribution in [0.1, 0.15) is 19.4 Å². The summed E-state index contributed by atoms with van der Waals surface area (Å²) >= 11 is 0. The van der Waals surface area contributed by atoms with Crippen LogP contribution in [-0.4, -0.2) is 25.4 Å². The number of hydrogen-bond acceptors (Lipinski definition) is 4. The van der Waals surface area contributed by atoms with Gasteiger partial charge in [-0.25, -0.2) is 0 Å². The van der Waals surface area contributed by atoms with Gasteiger partial charge in [-0.2, -0.15) is 0 Å². The maximum Gasteiger partial charge on any atom is 0.171 e. The van der Waals surface area contributed by atoms with Crippen LogP contribution in [0.25, 0.3) is 0 Å². The Balaban J connectivity index is 2.61. The zero-order valence-electron chi connectivity index (χ0n) is 9.74. The molecule has 0 bridgehead atoms. The van der Waals surface area contributed by atoms with Crippen LogP contribution in [0.5, 0.6) is 17.2 Å². The highest BCUT2D eigenvalue weighted by atomic mass is 16.6. The van der Waals surface area contributed by atoms with Crippen molar-refractivity contribution in [3.63, 3.8) is 0 Å². The molecule has 0 saturated carbocycles. The summed E-state index contributed by atoms with van der Waals surface area (Å²) in [5, 5.41) is 10.1. The van der Waals surface area contributed by atoms with Crippen LogP contribution in [0.3, 0.4) is 0 Å². The SMILES string of the molecule is COc1ccc2c(c1C(C)(C)O)OCCO2. The van der Waals surface area contributed by atoms with E-state index in [2.05, 4.69) is 0 Å². The number of benzene rings is 1. The Morgan fingerprint density at radius 2 is 1.94 bits per heavy atom. The molecule has 1 aromatic rings. The van der Waals surface area contributed by atoms with E-state index in [0.717, 1.165) is 0 Å². The summed E-state index contributed by atoms with van der Waals surface area (Å²) in [5.41, 5.74) is -0.399. The zero-order chi connectivity index (χ0) is 11.8. The Labute approximate surface area is 94.8 Å². The second kappa shape index (κ2) is 3.87. The molecule has 0 radical (unpaired) electrons. The molecule has 16 heavy (non-hydrogen) atoms. The number of ether oxygens (including phenoxy) is 3. The smallest absolute Gasteiger partial charge is 0.171 e. The van der Waals surface area contributed by atoms with Gasteiger partial charge >= 0.3 is 0 Å². The van der Waals surface area contributed by atoms with E-state index in [1.165, 1.54) is 0 Å². The lowest BCUT2D eigenvalue weighted by molar-refractivity contribution is 0.0671. The first kappa shape index (κ1) is 11.1. The van der Waals surface area contributed by atoms with Gasteiger partial charge in [0.15, 0.2) is 11.5 Å². The average Bonchev–Trinajstić information content (AvgIpc) is 2.26. The van der Waals surface area contributed by atoms with Crippen LogP contribution in [0, 0.1) is 0 Å². The molecule has 1 aliphatic heterocycles. The second-order valence-electron chi connectivity index (χ2n) is 4.23.